The van der Waals surface area contributed by atoms with Crippen LogP contribution in [-0.4, -0.2) is 33.4 Å². The average Bonchev–Trinajstić information content (AvgIpc) is 3.09. The van der Waals surface area contributed by atoms with Crippen molar-refractivity contribution in [2.24, 2.45) is 0 Å². The Morgan fingerprint density at radius 1 is 1.10 bits per heavy atom. The van der Waals surface area contributed by atoms with Crippen molar-refractivity contribution in [2.75, 3.05) is 13.1 Å². The summed E-state index contributed by atoms with van der Waals surface area (Å²) in [6, 6.07) is 8.43. The first kappa shape index (κ1) is 19.9. The molecule has 0 aliphatic carbocycles. The van der Waals surface area contributed by atoms with Gasteiger partial charge in [-0.05, 0) is 55.0 Å². The van der Waals surface area contributed by atoms with Crippen molar-refractivity contribution < 1.29 is 9.18 Å². The van der Waals surface area contributed by atoms with Gasteiger partial charge >= 0.3 is 0 Å². The Morgan fingerprint density at radius 2 is 1.83 bits per heavy atom. The molecular formula is C23H25ClFN3O. The van der Waals surface area contributed by atoms with Gasteiger partial charge in [-0.2, -0.15) is 0 Å². The highest BCUT2D eigenvalue weighted by Crippen LogP contribution is 2.33. The van der Waals surface area contributed by atoms with Gasteiger partial charge in [0.2, 0.25) is 0 Å². The van der Waals surface area contributed by atoms with Gasteiger partial charge in [-0.1, -0.05) is 32.4 Å². The summed E-state index contributed by atoms with van der Waals surface area (Å²) in [7, 11) is 0. The molecule has 1 aliphatic rings. The summed E-state index contributed by atoms with van der Waals surface area (Å²) < 4.78 is 16.0. The summed E-state index contributed by atoms with van der Waals surface area (Å²) in [6.07, 6.45) is 5.24. The lowest BCUT2D eigenvalue weighted by atomic mass is 9.88. The maximum atomic E-state index is 14.1. The molecule has 1 saturated heterocycles. The van der Waals surface area contributed by atoms with Gasteiger partial charge in [0, 0.05) is 30.5 Å². The molecule has 29 heavy (non-hydrogen) atoms. The van der Waals surface area contributed by atoms with E-state index in [0.29, 0.717) is 11.4 Å². The van der Waals surface area contributed by atoms with Crippen molar-refractivity contribution in [3.63, 3.8) is 0 Å². The normalized spacial score (nSPS) is 15.1. The lowest BCUT2D eigenvalue weighted by Crippen LogP contribution is -2.36. The summed E-state index contributed by atoms with van der Waals surface area (Å²) in [5, 5.41) is 0.0915. The number of pyridine rings is 1. The maximum Gasteiger partial charge on any atom is 0.272 e. The number of hydrogen-bond acceptors (Lipinski definition) is 2. The van der Waals surface area contributed by atoms with Gasteiger partial charge in [0.15, 0.2) is 0 Å². The minimum absolute atomic E-state index is 0.0169. The third-order valence-electron chi connectivity index (χ3n) is 5.50. The van der Waals surface area contributed by atoms with Crippen molar-refractivity contribution >= 4 is 28.5 Å². The lowest BCUT2D eigenvalue weighted by molar-refractivity contribution is 0.0719. The summed E-state index contributed by atoms with van der Waals surface area (Å²) in [5.41, 5.74) is 3.57. The van der Waals surface area contributed by atoms with Crippen molar-refractivity contribution in [3.05, 3.63) is 58.6 Å². The van der Waals surface area contributed by atoms with E-state index < -0.39 is 5.82 Å². The second kappa shape index (κ2) is 7.45. The van der Waals surface area contributed by atoms with Gasteiger partial charge < -0.3 is 9.47 Å². The fraction of sp³-hybridized carbons (Fsp3) is 0.391. The van der Waals surface area contributed by atoms with Gasteiger partial charge in [0.05, 0.1) is 16.1 Å². The number of carbonyl (C=O) groups excluding carboxylic acids is 1. The Morgan fingerprint density at radius 3 is 2.48 bits per heavy atom. The highest BCUT2D eigenvalue weighted by molar-refractivity contribution is 6.30. The van der Waals surface area contributed by atoms with Crippen molar-refractivity contribution in [3.8, 4) is 5.69 Å². The van der Waals surface area contributed by atoms with Crippen molar-refractivity contribution in [1.29, 1.82) is 0 Å². The summed E-state index contributed by atoms with van der Waals surface area (Å²) in [6.45, 7) is 7.89. The Bertz CT molecular complexity index is 1080. The molecule has 1 fully saturated rings. The molecule has 0 radical (unpaired) electrons. The minimum atomic E-state index is -0.465. The Kier molecular flexibility index (Phi) is 5.11. The molecule has 1 aliphatic heterocycles. The molecule has 3 heterocycles. The van der Waals surface area contributed by atoms with Crippen LogP contribution in [0.2, 0.25) is 5.02 Å². The quantitative estimate of drug-likeness (QED) is 0.537. The maximum absolute atomic E-state index is 14.1. The van der Waals surface area contributed by atoms with E-state index in [1.807, 2.05) is 21.7 Å². The van der Waals surface area contributed by atoms with Crippen LogP contribution in [0.1, 0.15) is 56.1 Å². The number of amides is 1. The van der Waals surface area contributed by atoms with E-state index in [-0.39, 0.29) is 16.3 Å². The van der Waals surface area contributed by atoms with Gasteiger partial charge in [-0.25, -0.2) is 9.37 Å². The third kappa shape index (κ3) is 3.76. The standard InChI is InChI=1S/C23H25ClFN3O/c1-23(2,3)16-14-28(15-7-8-17(24)18(25)13-15)20-10-9-19(26-21(16)20)22(29)27-11-5-4-6-12-27/h7-10,13-14H,4-6,11-12H2,1-3H3. The van der Waals surface area contributed by atoms with E-state index in [0.717, 1.165) is 42.5 Å². The van der Waals surface area contributed by atoms with E-state index in [2.05, 4.69) is 20.8 Å². The number of carbonyl (C=O) groups is 1. The molecular weight excluding hydrogens is 389 g/mol. The zero-order valence-electron chi connectivity index (χ0n) is 17.0. The zero-order valence-corrected chi connectivity index (χ0v) is 17.8. The first-order chi connectivity index (χ1) is 13.8. The number of benzene rings is 1. The first-order valence-corrected chi connectivity index (χ1v) is 10.4. The molecule has 6 heteroatoms. The number of hydrogen-bond donors (Lipinski definition) is 0. The first-order valence-electron chi connectivity index (χ1n) is 10.0. The molecule has 0 unspecified atom stereocenters. The van der Waals surface area contributed by atoms with E-state index >= 15 is 0 Å². The van der Waals surface area contributed by atoms with E-state index in [4.69, 9.17) is 16.6 Å². The van der Waals surface area contributed by atoms with Gasteiger partial charge in [-0.15, -0.1) is 0 Å². The second-order valence-corrected chi connectivity index (χ2v) is 9.09. The minimum Gasteiger partial charge on any atom is -0.337 e. The molecule has 0 saturated carbocycles. The summed E-state index contributed by atoms with van der Waals surface area (Å²) in [4.78, 5) is 19.6. The molecule has 0 spiro atoms. The smallest absolute Gasteiger partial charge is 0.272 e. The molecule has 0 atom stereocenters. The molecule has 1 aromatic carbocycles. The van der Waals surface area contributed by atoms with Gasteiger partial charge in [0.1, 0.15) is 11.5 Å². The van der Waals surface area contributed by atoms with Crippen LogP contribution in [0.5, 0.6) is 0 Å². The third-order valence-corrected chi connectivity index (χ3v) is 5.81. The van der Waals surface area contributed by atoms with Crippen LogP contribution in [0.3, 0.4) is 0 Å². The molecule has 152 valence electrons. The van der Waals surface area contributed by atoms with E-state index in [1.54, 1.807) is 18.2 Å². The molecule has 3 aromatic rings. The molecule has 2 aromatic heterocycles. The number of fused-ring (bicyclic) bond motifs is 1. The Hall–Kier alpha value is -2.40. The molecule has 1 amide bonds. The van der Waals surface area contributed by atoms with E-state index in [9.17, 15) is 9.18 Å². The molecule has 0 N–H and O–H groups in total. The topological polar surface area (TPSA) is 38.1 Å². The molecule has 4 rings (SSSR count). The van der Waals surface area contributed by atoms with Crippen LogP contribution in [0.15, 0.2) is 36.5 Å². The second-order valence-electron chi connectivity index (χ2n) is 8.68. The number of halogens is 2. The van der Waals surface area contributed by atoms with Crippen LogP contribution in [0, 0.1) is 5.82 Å². The van der Waals surface area contributed by atoms with Gasteiger partial charge in [0.25, 0.3) is 5.91 Å². The van der Waals surface area contributed by atoms with Crippen molar-refractivity contribution in [1.82, 2.24) is 14.5 Å². The number of piperidine rings is 1. The SMILES string of the molecule is CC(C)(C)c1cn(-c2ccc(Cl)c(F)c2)c2ccc(C(=O)N3CCCCC3)nc12. The summed E-state index contributed by atoms with van der Waals surface area (Å²) in [5.74, 6) is -0.482. The predicted molar refractivity (Wildman–Crippen MR) is 114 cm³/mol. The van der Waals surface area contributed by atoms with Crippen LogP contribution >= 0.6 is 11.6 Å². The van der Waals surface area contributed by atoms with Crippen LogP contribution in [0.4, 0.5) is 4.39 Å². The van der Waals surface area contributed by atoms with E-state index in [1.165, 1.54) is 12.5 Å². The highest BCUT2D eigenvalue weighted by atomic mass is 35.5. The van der Waals surface area contributed by atoms with Gasteiger partial charge in [-0.3, -0.25) is 4.79 Å². The Balaban J connectivity index is 1.84. The van der Waals surface area contributed by atoms with Crippen molar-refractivity contribution in [2.45, 2.75) is 45.4 Å². The summed E-state index contributed by atoms with van der Waals surface area (Å²) >= 11 is 5.85. The fourth-order valence-corrected chi connectivity index (χ4v) is 4.00. The predicted octanol–water partition coefficient (Wildman–Crippen LogP) is 5.74. The van der Waals surface area contributed by atoms with Crippen LogP contribution in [0.25, 0.3) is 16.7 Å². The van der Waals surface area contributed by atoms with Crippen LogP contribution < -0.4 is 0 Å². The Labute approximate surface area is 175 Å². The average molecular weight is 414 g/mol. The zero-order chi connectivity index (χ0) is 20.8. The lowest BCUT2D eigenvalue weighted by Gasteiger charge is -2.26. The molecule has 0 bridgehead atoms. The fourth-order valence-electron chi connectivity index (χ4n) is 3.88. The van der Waals surface area contributed by atoms with Crippen LogP contribution in [-0.2, 0) is 5.41 Å². The number of aromatic nitrogens is 2. The molecule has 4 nitrogen and oxygen atoms in total. The highest BCUT2D eigenvalue weighted by Gasteiger charge is 2.25. The number of rotatable bonds is 2. The number of likely N-dealkylation sites (tertiary alicyclic amines) is 1. The number of nitrogens with zero attached hydrogens (tertiary/aromatic N) is 3. The largest absolute Gasteiger partial charge is 0.337 e. The monoisotopic (exact) mass is 413 g/mol.